The maximum absolute atomic E-state index is 5.98. The van der Waals surface area contributed by atoms with Crippen molar-refractivity contribution < 1.29 is 0 Å². The topological polar surface area (TPSA) is 4.93 Å². The van der Waals surface area contributed by atoms with Gasteiger partial charge in [0.25, 0.3) is 0 Å². The van der Waals surface area contributed by atoms with E-state index in [1.165, 1.54) is 16.3 Å². The van der Waals surface area contributed by atoms with Crippen LogP contribution < -0.4 is 0 Å². The molecule has 1 aromatic heterocycles. The Balaban J connectivity index is 1.96. The average molecular weight is 242 g/mol. The second-order valence-corrected chi connectivity index (χ2v) is 4.63. The van der Waals surface area contributed by atoms with E-state index in [4.69, 9.17) is 11.6 Å². The molecule has 84 valence electrons. The van der Waals surface area contributed by atoms with E-state index in [9.17, 15) is 0 Å². The molecule has 17 heavy (non-hydrogen) atoms. The summed E-state index contributed by atoms with van der Waals surface area (Å²) >= 11 is 5.98. The molecule has 1 nitrogen and oxygen atoms in total. The standard InChI is InChI=1S/C15H12ClN/c16-15-7-6-13-10-17(11-14(13)8-15)9-12-4-2-1-3-5-12/h1-8,10-11H,9H2. The van der Waals surface area contributed by atoms with Crippen molar-refractivity contribution in [3.05, 3.63) is 71.5 Å². The molecule has 0 radical (unpaired) electrons. The highest BCUT2D eigenvalue weighted by atomic mass is 35.5. The van der Waals surface area contributed by atoms with Crippen molar-refractivity contribution >= 4 is 22.4 Å². The molecule has 1 heterocycles. The summed E-state index contributed by atoms with van der Waals surface area (Å²) in [5.74, 6) is 0. The van der Waals surface area contributed by atoms with Crippen molar-refractivity contribution in [1.82, 2.24) is 4.57 Å². The number of halogens is 1. The van der Waals surface area contributed by atoms with Crippen LogP contribution in [0.4, 0.5) is 0 Å². The van der Waals surface area contributed by atoms with Gasteiger partial charge in [-0.05, 0) is 23.1 Å². The number of rotatable bonds is 2. The largest absolute Gasteiger partial charge is 0.349 e. The summed E-state index contributed by atoms with van der Waals surface area (Å²) in [7, 11) is 0. The van der Waals surface area contributed by atoms with Gasteiger partial charge in [0.2, 0.25) is 0 Å². The van der Waals surface area contributed by atoms with E-state index in [0.717, 1.165) is 11.6 Å². The number of nitrogens with zero attached hydrogens (tertiary/aromatic N) is 1. The average Bonchev–Trinajstić information content (AvgIpc) is 2.71. The van der Waals surface area contributed by atoms with Crippen molar-refractivity contribution in [1.29, 1.82) is 0 Å². The van der Waals surface area contributed by atoms with Gasteiger partial charge in [-0.2, -0.15) is 0 Å². The van der Waals surface area contributed by atoms with Crippen LogP contribution in [0.5, 0.6) is 0 Å². The lowest BCUT2D eigenvalue weighted by Crippen LogP contribution is -1.94. The third kappa shape index (κ3) is 2.20. The Kier molecular flexibility index (Phi) is 2.62. The monoisotopic (exact) mass is 241 g/mol. The summed E-state index contributed by atoms with van der Waals surface area (Å²) in [6.45, 7) is 0.896. The fourth-order valence-corrected chi connectivity index (χ4v) is 2.24. The lowest BCUT2D eigenvalue weighted by Gasteiger charge is -2.01. The van der Waals surface area contributed by atoms with Gasteiger partial charge in [0.1, 0.15) is 0 Å². The third-order valence-electron chi connectivity index (χ3n) is 2.87. The molecule has 0 unspecified atom stereocenters. The lowest BCUT2D eigenvalue weighted by atomic mass is 10.2. The van der Waals surface area contributed by atoms with Crippen LogP contribution in [-0.4, -0.2) is 4.57 Å². The Hall–Kier alpha value is -1.73. The van der Waals surface area contributed by atoms with E-state index >= 15 is 0 Å². The Labute approximate surface area is 105 Å². The minimum atomic E-state index is 0.787. The quantitative estimate of drug-likeness (QED) is 0.629. The van der Waals surface area contributed by atoms with Crippen molar-refractivity contribution in [3.8, 4) is 0 Å². The van der Waals surface area contributed by atoms with Gasteiger partial charge < -0.3 is 4.57 Å². The zero-order chi connectivity index (χ0) is 11.7. The molecule has 3 aromatic rings. The molecule has 0 saturated heterocycles. The van der Waals surface area contributed by atoms with Gasteiger partial charge in [0.05, 0.1) is 0 Å². The highest BCUT2D eigenvalue weighted by Crippen LogP contribution is 2.20. The van der Waals surface area contributed by atoms with Gasteiger partial charge in [-0.15, -0.1) is 0 Å². The molecule has 0 amide bonds. The highest BCUT2D eigenvalue weighted by molar-refractivity contribution is 6.31. The van der Waals surface area contributed by atoms with Crippen LogP contribution in [0.1, 0.15) is 5.56 Å². The van der Waals surface area contributed by atoms with E-state index < -0.39 is 0 Å². The summed E-state index contributed by atoms with van der Waals surface area (Å²) in [6.07, 6.45) is 4.28. The van der Waals surface area contributed by atoms with Crippen LogP contribution in [0.3, 0.4) is 0 Å². The van der Waals surface area contributed by atoms with Crippen molar-refractivity contribution in [2.24, 2.45) is 0 Å². The molecule has 0 saturated carbocycles. The second kappa shape index (κ2) is 4.27. The first-order valence-electron chi connectivity index (χ1n) is 5.60. The van der Waals surface area contributed by atoms with Crippen molar-refractivity contribution in [3.63, 3.8) is 0 Å². The molecular formula is C15H12ClN. The van der Waals surface area contributed by atoms with E-state index in [2.05, 4.69) is 47.3 Å². The Morgan fingerprint density at radius 2 is 1.65 bits per heavy atom. The van der Waals surface area contributed by atoms with Gasteiger partial charge in [0.15, 0.2) is 0 Å². The molecule has 0 spiro atoms. The van der Waals surface area contributed by atoms with Gasteiger partial charge >= 0.3 is 0 Å². The minimum Gasteiger partial charge on any atom is -0.349 e. The van der Waals surface area contributed by atoms with Gasteiger partial charge in [-0.1, -0.05) is 48.0 Å². The predicted molar refractivity (Wildman–Crippen MR) is 72.5 cm³/mol. The Bertz CT molecular complexity index is 640. The maximum Gasteiger partial charge on any atom is 0.0470 e. The summed E-state index contributed by atoms with van der Waals surface area (Å²) < 4.78 is 2.19. The predicted octanol–water partition coefficient (Wildman–Crippen LogP) is 4.34. The van der Waals surface area contributed by atoms with Crippen LogP contribution >= 0.6 is 11.6 Å². The fraction of sp³-hybridized carbons (Fsp3) is 0.0667. The first-order valence-corrected chi connectivity index (χ1v) is 5.98. The number of fused-ring (bicyclic) bond motifs is 1. The Morgan fingerprint density at radius 1 is 0.882 bits per heavy atom. The zero-order valence-corrected chi connectivity index (χ0v) is 10.1. The molecular weight excluding hydrogens is 230 g/mol. The van der Waals surface area contributed by atoms with E-state index in [1.807, 2.05) is 18.2 Å². The Morgan fingerprint density at radius 3 is 2.47 bits per heavy atom. The number of benzene rings is 2. The molecule has 0 aliphatic carbocycles. The molecule has 0 N–H and O–H groups in total. The molecule has 3 rings (SSSR count). The van der Waals surface area contributed by atoms with Gasteiger partial charge in [0, 0.05) is 29.3 Å². The van der Waals surface area contributed by atoms with E-state index in [-0.39, 0.29) is 0 Å². The van der Waals surface area contributed by atoms with Crippen molar-refractivity contribution in [2.45, 2.75) is 6.54 Å². The maximum atomic E-state index is 5.98. The summed E-state index contributed by atoms with van der Waals surface area (Å²) in [6, 6.07) is 16.4. The van der Waals surface area contributed by atoms with E-state index in [1.54, 1.807) is 0 Å². The zero-order valence-electron chi connectivity index (χ0n) is 9.31. The number of hydrogen-bond donors (Lipinski definition) is 0. The van der Waals surface area contributed by atoms with Crippen molar-refractivity contribution in [2.75, 3.05) is 0 Å². The van der Waals surface area contributed by atoms with Gasteiger partial charge in [-0.25, -0.2) is 0 Å². The van der Waals surface area contributed by atoms with Crippen LogP contribution in [-0.2, 0) is 6.54 Å². The van der Waals surface area contributed by atoms with Gasteiger partial charge in [-0.3, -0.25) is 0 Å². The lowest BCUT2D eigenvalue weighted by molar-refractivity contribution is 0.810. The fourth-order valence-electron chi connectivity index (χ4n) is 2.06. The molecule has 2 aromatic carbocycles. The van der Waals surface area contributed by atoms with Crippen LogP contribution in [0, 0.1) is 0 Å². The molecule has 0 bridgehead atoms. The van der Waals surface area contributed by atoms with Crippen LogP contribution in [0.15, 0.2) is 60.9 Å². The summed E-state index contributed by atoms with van der Waals surface area (Å²) in [5.41, 5.74) is 1.30. The molecule has 0 aliphatic heterocycles. The third-order valence-corrected chi connectivity index (χ3v) is 3.10. The first kappa shape index (κ1) is 10.4. The molecule has 0 atom stereocenters. The molecule has 0 fully saturated rings. The second-order valence-electron chi connectivity index (χ2n) is 4.19. The van der Waals surface area contributed by atoms with E-state index in [0.29, 0.717) is 0 Å². The first-order chi connectivity index (χ1) is 8.31. The normalized spacial score (nSPS) is 10.9. The number of aromatic nitrogens is 1. The molecule has 2 heteroatoms. The summed E-state index contributed by atoms with van der Waals surface area (Å²) in [5, 5.41) is 3.20. The van der Waals surface area contributed by atoms with Crippen LogP contribution in [0.25, 0.3) is 10.8 Å². The minimum absolute atomic E-state index is 0.787. The highest BCUT2D eigenvalue weighted by Gasteiger charge is 2.00. The summed E-state index contributed by atoms with van der Waals surface area (Å²) in [4.78, 5) is 0. The number of hydrogen-bond acceptors (Lipinski definition) is 0. The SMILES string of the molecule is Clc1ccc2cn(Cc3ccccc3)cc2c1. The molecule has 0 aliphatic rings. The van der Waals surface area contributed by atoms with Crippen LogP contribution in [0.2, 0.25) is 5.02 Å². The smallest absolute Gasteiger partial charge is 0.0470 e.